The Labute approximate surface area is 141 Å². The maximum atomic E-state index is 11.8. The standard InChI is InChI=1S/C17H23NO6/c1-5-23-16(19)13(17(20)24-6-2)11-18-10-12-7-8-14(21-3)15(9-12)22-4/h7-9,11,18H,5-6,10H2,1-4H3. The monoisotopic (exact) mass is 337 g/mol. The second-order valence-electron chi connectivity index (χ2n) is 4.57. The second kappa shape index (κ2) is 10.1. The van der Waals surface area contributed by atoms with Gasteiger partial charge in [0.25, 0.3) is 0 Å². The molecule has 24 heavy (non-hydrogen) atoms. The van der Waals surface area contributed by atoms with E-state index in [0.717, 1.165) is 5.56 Å². The van der Waals surface area contributed by atoms with E-state index in [1.807, 2.05) is 6.07 Å². The topological polar surface area (TPSA) is 83.1 Å². The normalized spacial score (nSPS) is 9.67. The van der Waals surface area contributed by atoms with Crippen LogP contribution >= 0.6 is 0 Å². The fraction of sp³-hybridized carbons (Fsp3) is 0.412. The van der Waals surface area contributed by atoms with Crippen LogP contribution < -0.4 is 14.8 Å². The maximum Gasteiger partial charge on any atom is 0.347 e. The molecule has 0 aliphatic rings. The van der Waals surface area contributed by atoms with Crippen LogP contribution in [0.15, 0.2) is 30.0 Å². The summed E-state index contributed by atoms with van der Waals surface area (Å²) in [7, 11) is 3.11. The highest BCUT2D eigenvalue weighted by Gasteiger charge is 2.20. The molecule has 7 heteroatoms. The van der Waals surface area contributed by atoms with Gasteiger partial charge in [0.05, 0.1) is 27.4 Å². The Morgan fingerprint density at radius 2 is 1.58 bits per heavy atom. The van der Waals surface area contributed by atoms with Gasteiger partial charge in [-0.25, -0.2) is 9.59 Å². The largest absolute Gasteiger partial charge is 0.493 e. The first kappa shape index (κ1) is 19.3. The van der Waals surface area contributed by atoms with E-state index >= 15 is 0 Å². The molecule has 0 fully saturated rings. The Balaban J connectivity index is 2.83. The van der Waals surface area contributed by atoms with Crippen LogP contribution in [0.2, 0.25) is 0 Å². The summed E-state index contributed by atoms with van der Waals surface area (Å²) in [5.74, 6) is -0.237. The van der Waals surface area contributed by atoms with E-state index in [-0.39, 0.29) is 18.8 Å². The first-order valence-electron chi connectivity index (χ1n) is 7.56. The van der Waals surface area contributed by atoms with Crippen LogP contribution in [-0.2, 0) is 25.6 Å². The molecule has 132 valence electrons. The number of rotatable bonds is 9. The van der Waals surface area contributed by atoms with Crippen molar-refractivity contribution in [2.24, 2.45) is 0 Å². The highest BCUT2D eigenvalue weighted by Crippen LogP contribution is 2.27. The molecule has 0 aliphatic heterocycles. The summed E-state index contributed by atoms with van der Waals surface area (Å²) in [6.07, 6.45) is 1.30. The molecule has 0 spiro atoms. The number of carbonyl (C=O) groups excluding carboxylic acids is 2. The second-order valence-corrected chi connectivity index (χ2v) is 4.57. The molecule has 0 saturated carbocycles. The summed E-state index contributed by atoms with van der Waals surface area (Å²) < 4.78 is 20.1. The minimum Gasteiger partial charge on any atom is -0.493 e. The number of ether oxygens (including phenoxy) is 4. The van der Waals surface area contributed by atoms with Gasteiger partial charge in [-0.15, -0.1) is 0 Å². The summed E-state index contributed by atoms with van der Waals surface area (Å²) >= 11 is 0. The predicted octanol–water partition coefficient (Wildman–Crippen LogP) is 1.80. The molecule has 0 heterocycles. The third kappa shape index (κ3) is 5.49. The Morgan fingerprint density at radius 3 is 2.08 bits per heavy atom. The lowest BCUT2D eigenvalue weighted by atomic mass is 10.2. The molecular weight excluding hydrogens is 314 g/mol. The molecule has 0 bridgehead atoms. The van der Waals surface area contributed by atoms with Gasteiger partial charge in [0.1, 0.15) is 0 Å². The molecule has 0 aliphatic carbocycles. The smallest absolute Gasteiger partial charge is 0.347 e. The number of hydrogen-bond acceptors (Lipinski definition) is 7. The predicted molar refractivity (Wildman–Crippen MR) is 87.7 cm³/mol. The molecule has 0 radical (unpaired) electrons. The van der Waals surface area contributed by atoms with Gasteiger partial charge in [-0.05, 0) is 31.5 Å². The SMILES string of the molecule is CCOC(=O)C(=CNCc1ccc(OC)c(OC)c1)C(=O)OCC. The molecule has 0 amide bonds. The summed E-state index contributed by atoms with van der Waals surface area (Å²) in [5, 5.41) is 2.91. The molecule has 1 aromatic carbocycles. The van der Waals surface area contributed by atoms with Gasteiger partial charge in [0.2, 0.25) is 0 Å². The van der Waals surface area contributed by atoms with Crippen molar-refractivity contribution in [1.29, 1.82) is 0 Å². The van der Waals surface area contributed by atoms with Gasteiger partial charge in [-0.2, -0.15) is 0 Å². The van der Waals surface area contributed by atoms with Gasteiger partial charge in [-0.1, -0.05) is 6.07 Å². The molecule has 0 unspecified atom stereocenters. The first-order chi connectivity index (χ1) is 11.6. The Kier molecular flexibility index (Phi) is 8.18. The van der Waals surface area contributed by atoms with E-state index in [2.05, 4.69) is 5.32 Å². The van der Waals surface area contributed by atoms with Crippen LogP contribution in [0.4, 0.5) is 0 Å². The number of esters is 2. The van der Waals surface area contributed by atoms with Crippen LogP contribution in [-0.4, -0.2) is 39.4 Å². The molecule has 0 saturated heterocycles. The van der Waals surface area contributed by atoms with Crippen molar-refractivity contribution >= 4 is 11.9 Å². The average molecular weight is 337 g/mol. The van der Waals surface area contributed by atoms with Gasteiger partial charge >= 0.3 is 11.9 Å². The van der Waals surface area contributed by atoms with Crippen LogP contribution in [0.25, 0.3) is 0 Å². The van der Waals surface area contributed by atoms with Crippen molar-refractivity contribution < 1.29 is 28.5 Å². The quantitative estimate of drug-likeness (QED) is 0.318. The highest BCUT2D eigenvalue weighted by atomic mass is 16.6. The van der Waals surface area contributed by atoms with Crippen molar-refractivity contribution in [3.05, 3.63) is 35.5 Å². The van der Waals surface area contributed by atoms with Crippen LogP contribution in [0.3, 0.4) is 0 Å². The maximum absolute atomic E-state index is 11.8. The Morgan fingerprint density at radius 1 is 1.00 bits per heavy atom. The summed E-state index contributed by atoms with van der Waals surface area (Å²) in [5.41, 5.74) is 0.704. The number of carbonyl (C=O) groups is 2. The van der Waals surface area contributed by atoms with Crippen molar-refractivity contribution in [3.63, 3.8) is 0 Å². The lowest BCUT2D eigenvalue weighted by Crippen LogP contribution is -2.21. The first-order valence-corrected chi connectivity index (χ1v) is 7.56. The van der Waals surface area contributed by atoms with Crippen molar-refractivity contribution in [3.8, 4) is 11.5 Å². The lowest BCUT2D eigenvalue weighted by Gasteiger charge is -2.10. The van der Waals surface area contributed by atoms with Gasteiger partial charge < -0.3 is 24.3 Å². The van der Waals surface area contributed by atoms with E-state index in [4.69, 9.17) is 18.9 Å². The molecule has 7 nitrogen and oxygen atoms in total. The number of hydrogen-bond donors (Lipinski definition) is 1. The van der Waals surface area contributed by atoms with E-state index in [9.17, 15) is 9.59 Å². The minimum absolute atomic E-state index is 0.172. The molecular formula is C17H23NO6. The molecule has 0 atom stereocenters. The van der Waals surface area contributed by atoms with Crippen LogP contribution in [0.5, 0.6) is 11.5 Å². The van der Waals surface area contributed by atoms with Gasteiger partial charge in [-0.3, -0.25) is 0 Å². The fourth-order valence-electron chi connectivity index (χ4n) is 1.88. The average Bonchev–Trinajstić information content (AvgIpc) is 2.58. The zero-order valence-electron chi connectivity index (χ0n) is 14.4. The van der Waals surface area contributed by atoms with Crippen molar-refractivity contribution in [1.82, 2.24) is 5.32 Å². The summed E-state index contributed by atoms with van der Waals surface area (Å²) in [6.45, 7) is 4.05. The highest BCUT2D eigenvalue weighted by molar-refractivity contribution is 6.13. The minimum atomic E-state index is -0.726. The number of nitrogens with one attached hydrogen (secondary N) is 1. The summed E-state index contributed by atoms with van der Waals surface area (Å²) in [6, 6.07) is 5.42. The zero-order chi connectivity index (χ0) is 17.9. The van der Waals surface area contributed by atoms with Gasteiger partial charge in [0, 0.05) is 12.7 Å². The van der Waals surface area contributed by atoms with E-state index in [0.29, 0.717) is 18.0 Å². The van der Waals surface area contributed by atoms with Crippen molar-refractivity contribution in [2.45, 2.75) is 20.4 Å². The number of benzene rings is 1. The van der Waals surface area contributed by atoms with E-state index in [1.165, 1.54) is 6.20 Å². The lowest BCUT2D eigenvalue weighted by molar-refractivity contribution is -0.146. The molecule has 1 rings (SSSR count). The fourth-order valence-corrected chi connectivity index (χ4v) is 1.88. The molecule has 0 aromatic heterocycles. The zero-order valence-corrected chi connectivity index (χ0v) is 14.4. The van der Waals surface area contributed by atoms with Crippen LogP contribution in [0, 0.1) is 0 Å². The summed E-state index contributed by atoms with van der Waals surface area (Å²) in [4.78, 5) is 23.6. The molecule has 1 aromatic rings. The Bertz CT molecular complexity index is 577. The third-order valence-electron chi connectivity index (χ3n) is 2.99. The van der Waals surface area contributed by atoms with Crippen LogP contribution in [0.1, 0.15) is 19.4 Å². The Hall–Kier alpha value is -2.70. The third-order valence-corrected chi connectivity index (χ3v) is 2.99. The number of methoxy groups -OCH3 is 2. The molecule has 1 N–H and O–H groups in total. The van der Waals surface area contributed by atoms with Gasteiger partial charge in [0.15, 0.2) is 17.1 Å². The van der Waals surface area contributed by atoms with E-state index < -0.39 is 11.9 Å². The van der Waals surface area contributed by atoms with E-state index in [1.54, 1.807) is 40.2 Å². The van der Waals surface area contributed by atoms with Crippen molar-refractivity contribution in [2.75, 3.05) is 27.4 Å².